The van der Waals surface area contributed by atoms with Crippen molar-refractivity contribution in [1.29, 1.82) is 0 Å². The predicted molar refractivity (Wildman–Crippen MR) is 71.0 cm³/mol. The molecular formula is C13H28N2O2. The number of carbonyl (C=O) groups excluding carboxylic acids is 1. The van der Waals surface area contributed by atoms with E-state index < -0.39 is 0 Å². The third kappa shape index (κ3) is 8.02. The molecule has 4 heteroatoms. The Kier molecular flexibility index (Phi) is 8.86. The molecule has 0 saturated heterocycles. The molecule has 0 saturated carbocycles. The lowest BCUT2D eigenvalue weighted by Gasteiger charge is -2.21. The third-order valence-electron chi connectivity index (χ3n) is 3.12. The van der Waals surface area contributed by atoms with Gasteiger partial charge in [0.2, 0.25) is 0 Å². The number of unbranched alkanes of at least 4 members (excludes halogenated alkanes) is 2. The number of rotatable bonds is 8. The Morgan fingerprint density at radius 3 is 2.35 bits per heavy atom. The van der Waals surface area contributed by atoms with E-state index in [0.29, 0.717) is 0 Å². The van der Waals surface area contributed by atoms with E-state index in [1.54, 1.807) is 0 Å². The minimum atomic E-state index is -0.137. The maximum absolute atomic E-state index is 11.6. The molecule has 2 amide bonds. The number of urea groups is 1. The molecule has 0 radical (unpaired) electrons. The highest BCUT2D eigenvalue weighted by molar-refractivity contribution is 5.74. The zero-order chi connectivity index (χ0) is 13.3. The first kappa shape index (κ1) is 16.2. The molecule has 0 rings (SSSR count). The van der Waals surface area contributed by atoms with Gasteiger partial charge in [-0.1, -0.05) is 33.1 Å². The van der Waals surface area contributed by atoms with Gasteiger partial charge in [0, 0.05) is 18.7 Å². The Hall–Kier alpha value is -0.770. The van der Waals surface area contributed by atoms with Crippen LogP contribution in [0.15, 0.2) is 0 Å². The normalized spacial score (nSPS) is 16.1. The van der Waals surface area contributed by atoms with Crippen LogP contribution in [-0.4, -0.2) is 29.8 Å². The van der Waals surface area contributed by atoms with Crippen LogP contribution in [0.3, 0.4) is 0 Å². The summed E-state index contributed by atoms with van der Waals surface area (Å²) >= 11 is 0. The molecule has 3 atom stereocenters. The molecule has 0 aromatic rings. The first-order valence-corrected chi connectivity index (χ1v) is 6.69. The van der Waals surface area contributed by atoms with Crippen molar-refractivity contribution in [3.8, 4) is 0 Å². The second-order valence-corrected chi connectivity index (χ2v) is 4.96. The highest BCUT2D eigenvalue weighted by Crippen LogP contribution is 2.03. The van der Waals surface area contributed by atoms with Gasteiger partial charge in [0.1, 0.15) is 0 Å². The summed E-state index contributed by atoms with van der Waals surface area (Å²) in [6, 6.07) is 0.0582. The summed E-state index contributed by atoms with van der Waals surface area (Å²) in [5, 5.41) is 14.7. The van der Waals surface area contributed by atoms with Crippen LogP contribution in [0.1, 0.15) is 53.4 Å². The number of carbonyl (C=O) groups is 1. The van der Waals surface area contributed by atoms with Gasteiger partial charge in [-0.2, -0.15) is 0 Å². The molecule has 4 nitrogen and oxygen atoms in total. The van der Waals surface area contributed by atoms with Gasteiger partial charge in [0.25, 0.3) is 0 Å². The number of hydrogen-bond donors (Lipinski definition) is 3. The van der Waals surface area contributed by atoms with Gasteiger partial charge in [-0.15, -0.1) is 0 Å². The number of aliphatic hydroxyl groups is 1. The van der Waals surface area contributed by atoms with Gasteiger partial charge in [-0.05, 0) is 26.2 Å². The van der Waals surface area contributed by atoms with Crippen molar-refractivity contribution < 1.29 is 9.90 Å². The molecule has 0 spiro atoms. The maximum atomic E-state index is 11.6. The van der Waals surface area contributed by atoms with E-state index in [0.717, 1.165) is 12.8 Å². The lowest BCUT2D eigenvalue weighted by Crippen LogP contribution is -2.46. The quantitative estimate of drug-likeness (QED) is 0.574. The first-order chi connectivity index (χ1) is 8.01. The zero-order valence-electron chi connectivity index (χ0n) is 11.6. The molecule has 102 valence electrons. The smallest absolute Gasteiger partial charge is 0.315 e. The topological polar surface area (TPSA) is 61.4 Å². The summed E-state index contributed by atoms with van der Waals surface area (Å²) in [5.74, 6) is 0.0798. The summed E-state index contributed by atoms with van der Waals surface area (Å²) in [7, 11) is 0. The van der Waals surface area contributed by atoms with E-state index in [4.69, 9.17) is 5.11 Å². The van der Waals surface area contributed by atoms with Gasteiger partial charge >= 0.3 is 6.03 Å². The van der Waals surface area contributed by atoms with Crippen molar-refractivity contribution >= 4 is 6.03 Å². The van der Waals surface area contributed by atoms with Crippen molar-refractivity contribution in [2.24, 2.45) is 5.92 Å². The van der Waals surface area contributed by atoms with Gasteiger partial charge in [-0.25, -0.2) is 4.79 Å². The van der Waals surface area contributed by atoms with E-state index in [-0.39, 0.29) is 30.6 Å². The summed E-state index contributed by atoms with van der Waals surface area (Å²) in [6.45, 7) is 8.10. The minimum Gasteiger partial charge on any atom is -0.396 e. The van der Waals surface area contributed by atoms with Crippen LogP contribution in [0.4, 0.5) is 4.79 Å². The van der Waals surface area contributed by atoms with E-state index >= 15 is 0 Å². The fourth-order valence-electron chi connectivity index (χ4n) is 1.55. The lowest BCUT2D eigenvalue weighted by molar-refractivity contribution is 0.199. The standard InChI is InChI=1S/C13H28N2O2/c1-5-6-7-8-11(3)14-13(17)15-12(4)10(2)9-16/h10-12,16H,5-9H2,1-4H3,(H2,14,15,17). The average Bonchev–Trinajstić information content (AvgIpc) is 2.27. The predicted octanol–water partition coefficient (Wildman–Crippen LogP) is 2.27. The molecule has 0 aromatic carbocycles. The summed E-state index contributed by atoms with van der Waals surface area (Å²) in [6.07, 6.45) is 4.58. The fourth-order valence-corrected chi connectivity index (χ4v) is 1.55. The molecule has 3 unspecified atom stereocenters. The highest BCUT2D eigenvalue weighted by atomic mass is 16.3. The largest absolute Gasteiger partial charge is 0.396 e. The molecule has 0 aliphatic rings. The third-order valence-corrected chi connectivity index (χ3v) is 3.12. The molecule has 0 fully saturated rings. The first-order valence-electron chi connectivity index (χ1n) is 6.69. The fraction of sp³-hybridized carbons (Fsp3) is 0.923. The van der Waals surface area contributed by atoms with Crippen LogP contribution in [0.25, 0.3) is 0 Å². The lowest BCUT2D eigenvalue weighted by atomic mass is 10.1. The zero-order valence-corrected chi connectivity index (χ0v) is 11.6. The van der Waals surface area contributed by atoms with Gasteiger partial charge in [0.05, 0.1) is 0 Å². The number of nitrogens with one attached hydrogen (secondary N) is 2. The Morgan fingerprint density at radius 2 is 1.82 bits per heavy atom. The average molecular weight is 244 g/mol. The molecule has 0 aliphatic heterocycles. The van der Waals surface area contributed by atoms with E-state index in [9.17, 15) is 4.79 Å². The second kappa shape index (κ2) is 9.28. The molecular weight excluding hydrogens is 216 g/mol. The monoisotopic (exact) mass is 244 g/mol. The molecule has 0 aliphatic carbocycles. The molecule has 17 heavy (non-hydrogen) atoms. The molecule has 0 heterocycles. The Bertz CT molecular complexity index is 210. The summed E-state index contributed by atoms with van der Waals surface area (Å²) < 4.78 is 0. The van der Waals surface area contributed by atoms with Crippen LogP contribution >= 0.6 is 0 Å². The summed E-state index contributed by atoms with van der Waals surface area (Å²) in [4.78, 5) is 11.6. The van der Waals surface area contributed by atoms with Gasteiger partial charge in [-0.3, -0.25) is 0 Å². The van der Waals surface area contributed by atoms with Gasteiger partial charge in [0.15, 0.2) is 0 Å². The number of aliphatic hydroxyl groups excluding tert-OH is 1. The van der Waals surface area contributed by atoms with E-state index in [2.05, 4.69) is 17.6 Å². The SMILES string of the molecule is CCCCCC(C)NC(=O)NC(C)C(C)CO. The Labute approximate surface area is 105 Å². The van der Waals surface area contributed by atoms with Crippen molar-refractivity contribution in [1.82, 2.24) is 10.6 Å². The molecule has 0 aromatic heterocycles. The van der Waals surface area contributed by atoms with Gasteiger partial charge < -0.3 is 15.7 Å². The van der Waals surface area contributed by atoms with Crippen LogP contribution in [0.2, 0.25) is 0 Å². The maximum Gasteiger partial charge on any atom is 0.315 e. The van der Waals surface area contributed by atoms with Crippen LogP contribution in [0, 0.1) is 5.92 Å². The minimum absolute atomic E-state index is 0.0113. The molecule has 0 bridgehead atoms. The highest BCUT2D eigenvalue weighted by Gasteiger charge is 2.14. The number of hydrogen-bond acceptors (Lipinski definition) is 2. The summed E-state index contributed by atoms with van der Waals surface area (Å²) in [5.41, 5.74) is 0. The van der Waals surface area contributed by atoms with E-state index in [1.165, 1.54) is 12.8 Å². The van der Waals surface area contributed by atoms with Crippen LogP contribution in [0.5, 0.6) is 0 Å². The number of amides is 2. The van der Waals surface area contributed by atoms with Crippen molar-refractivity contribution in [2.45, 2.75) is 65.5 Å². The second-order valence-electron chi connectivity index (χ2n) is 4.96. The Balaban J connectivity index is 3.77. The van der Waals surface area contributed by atoms with Crippen molar-refractivity contribution in [3.63, 3.8) is 0 Å². The van der Waals surface area contributed by atoms with E-state index in [1.807, 2.05) is 20.8 Å². The van der Waals surface area contributed by atoms with Crippen LogP contribution in [-0.2, 0) is 0 Å². The van der Waals surface area contributed by atoms with Crippen LogP contribution < -0.4 is 10.6 Å². The molecule has 3 N–H and O–H groups in total. The van der Waals surface area contributed by atoms with Crippen molar-refractivity contribution in [2.75, 3.05) is 6.61 Å². The Morgan fingerprint density at radius 1 is 1.18 bits per heavy atom. The van der Waals surface area contributed by atoms with Crippen molar-refractivity contribution in [3.05, 3.63) is 0 Å².